The molecule has 7 heteroatoms. The van der Waals surface area contributed by atoms with E-state index in [2.05, 4.69) is 10.2 Å². The molecule has 2 aromatic carbocycles. The van der Waals surface area contributed by atoms with Crippen LogP contribution in [-0.2, 0) is 16.0 Å². The van der Waals surface area contributed by atoms with Crippen molar-refractivity contribution in [3.63, 3.8) is 0 Å². The van der Waals surface area contributed by atoms with Crippen LogP contribution >= 0.6 is 0 Å². The highest BCUT2D eigenvalue weighted by molar-refractivity contribution is 5.96. The summed E-state index contributed by atoms with van der Waals surface area (Å²) in [7, 11) is 3.25. The largest absolute Gasteiger partial charge is 0.493 e. The molecule has 0 radical (unpaired) electrons. The van der Waals surface area contributed by atoms with Crippen molar-refractivity contribution in [3.8, 4) is 11.5 Å². The van der Waals surface area contributed by atoms with Crippen LogP contribution in [-0.4, -0.2) is 57.9 Å². The monoisotopic (exact) mass is 464 g/mol. The van der Waals surface area contributed by atoms with Crippen LogP contribution in [0.5, 0.6) is 11.5 Å². The van der Waals surface area contributed by atoms with E-state index in [-0.39, 0.29) is 11.9 Å². The smallest absolute Gasteiger partial charge is 0.244 e. The number of benzene rings is 2. The minimum Gasteiger partial charge on any atom is -0.493 e. The number of nitrogens with zero attached hydrogens (tertiary/aromatic N) is 1. The van der Waals surface area contributed by atoms with Crippen molar-refractivity contribution >= 4 is 23.0 Å². The predicted octanol–water partition coefficient (Wildman–Crippen LogP) is 4.22. The predicted molar refractivity (Wildman–Crippen MR) is 132 cm³/mol. The summed E-state index contributed by atoms with van der Waals surface area (Å²) in [6, 6.07) is 13.8. The van der Waals surface area contributed by atoms with E-state index in [1.54, 1.807) is 20.3 Å². The number of nitrogens with one attached hydrogen (secondary N) is 1. The molecular weight excluding hydrogens is 432 g/mol. The molecule has 0 bridgehead atoms. The molecule has 0 saturated carbocycles. The molecule has 7 nitrogen and oxygen atoms in total. The number of fused-ring (bicyclic) bond motifs is 1. The fourth-order valence-electron chi connectivity index (χ4n) is 4.38. The summed E-state index contributed by atoms with van der Waals surface area (Å²) in [5, 5.41) is 4.10. The normalized spacial score (nSPS) is 15.5. The Hall–Kier alpha value is -3.29. The number of morpholine rings is 1. The van der Waals surface area contributed by atoms with Gasteiger partial charge in [0.25, 0.3) is 0 Å². The van der Waals surface area contributed by atoms with Crippen LogP contribution in [0.3, 0.4) is 0 Å². The summed E-state index contributed by atoms with van der Waals surface area (Å²) >= 11 is 0. The van der Waals surface area contributed by atoms with Crippen molar-refractivity contribution < 1.29 is 23.4 Å². The number of ether oxygens (including phenoxy) is 3. The highest BCUT2D eigenvalue weighted by Crippen LogP contribution is 2.32. The molecule has 4 rings (SSSR count). The van der Waals surface area contributed by atoms with Crippen LogP contribution in [0.25, 0.3) is 17.0 Å². The number of carbonyl (C=O) groups is 1. The zero-order valence-electron chi connectivity index (χ0n) is 20.0. The molecule has 1 aliphatic heterocycles. The van der Waals surface area contributed by atoms with Gasteiger partial charge in [-0.3, -0.25) is 9.69 Å². The Bertz CT molecular complexity index is 1150. The lowest BCUT2D eigenvalue weighted by Gasteiger charge is -2.35. The summed E-state index contributed by atoms with van der Waals surface area (Å²) in [5.74, 6) is 2.08. The maximum absolute atomic E-state index is 12.8. The first-order valence-electron chi connectivity index (χ1n) is 11.6. The van der Waals surface area contributed by atoms with Gasteiger partial charge in [0, 0.05) is 43.1 Å². The van der Waals surface area contributed by atoms with Crippen molar-refractivity contribution in [2.45, 2.75) is 19.4 Å². The van der Waals surface area contributed by atoms with Crippen LogP contribution in [0.4, 0.5) is 0 Å². The van der Waals surface area contributed by atoms with Gasteiger partial charge < -0.3 is 23.9 Å². The van der Waals surface area contributed by atoms with Crippen LogP contribution in [0.15, 0.2) is 53.0 Å². The average Bonchev–Trinajstić information content (AvgIpc) is 3.25. The summed E-state index contributed by atoms with van der Waals surface area (Å²) < 4.78 is 22.4. The fourth-order valence-corrected chi connectivity index (χ4v) is 4.38. The van der Waals surface area contributed by atoms with Gasteiger partial charge in [-0.15, -0.1) is 0 Å². The number of methoxy groups -OCH3 is 2. The van der Waals surface area contributed by atoms with Gasteiger partial charge in [-0.25, -0.2) is 0 Å². The van der Waals surface area contributed by atoms with Gasteiger partial charge in [-0.1, -0.05) is 31.2 Å². The second-order valence-electron chi connectivity index (χ2n) is 8.15. The Morgan fingerprint density at radius 2 is 1.88 bits per heavy atom. The number of rotatable bonds is 9. The molecule has 180 valence electrons. The molecule has 1 saturated heterocycles. The van der Waals surface area contributed by atoms with E-state index in [1.807, 2.05) is 55.5 Å². The molecule has 0 aliphatic carbocycles. The SMILES string of the molecule is CCc1oc2ccccc2c1/C=C/C(=O)NCC(c1ccc(OC)c(OC)c1)N1CCOCC1. The summed E-state index contributed by atoms with van der Waals surface area (Å²) in [6.45, 7) is 5.45. The fraction of sp³-hybridized carbons (Fsp3) is 0.370. The van der Waals surface area contributed by atoms with Gasteiger partial charge in [0.2, 0.25) is 5.91 Å². The quantitative estimate of drug-likeness (QED) is 0.478. The third-order valence-electron chi connectivity index (χ3n) is 6.18. The Morgan fingerprint density at radius 3 is 2.62 bits per heavy atom. The van der Waals surface area contributed by atoms with Gasteiger partial charge in [-0.2, -0.15) is 0 Å². The molecule has 2 heterocycles. The van der Waals surface area contributed by atoms with Gasteiger partial charge >= 0.3 is 0 Å². The maximum Gasteiger partial charge on any atom is 0.244 e. The Balaban J connectivity index is 1.51. The van der Waals surface area contributed by atoms with E-state index >= 15 is 0 Å². The number of amides is 1. The van der Waals surface area contributed by atoms with E-state index in [9.17, 15) is 4.79 Å². The Labute approximate surface area is 200 Å². The molecule has 1 unspecified atom stereocenters. The third-order valence-corrected chi connectivity index (χ3v) is 6.18. The Kier molecular flexibility index (Phi) is 7.87. The molecule has 1 aliphatic rings. The minimum atomic E-state index is -0.147. The van der Waals surface area contributed by atoms with Crippen LogP contribution in [0, 0.1) is 0 Å². The number of para-hydroxylation sites is 1. The van der Waals surface area contributed by atoms with Gasteiger partial charge in [-0.05, 0) is 29.8 Å². The highest BCUT2D eigenvalue weighted by Gasteiger charge is 2.24. The van der Waals surface area contributed by atoms with E-state index in [0.29, 0.717) is 31.3 Å². The lowest BCUT2D eigenvalue weighted by molar-refractivity contribution is -0.116. The Morgan fingerprint density at radius 1 is 1.12 bits per heavy atom. The highest BCUT2D eigenvalue weighted by atomic mass is 16.5. The number of hydrogen-bond donors (Lipinski definition) is 1. The van der Waals surface area contributed by atoms with Crippen molar-refractivity contribution in [3.05, 3.63) is 65.4 Å². The third kappa shape index (κ3) is 5.26. The maximum atomic E-state index is 12.8. The van der Waals surface area contributed by atoms with Crippen molar-refractivity contribution in [2.24, 2.45) is 0 Å². The summed E-state index contributed by atoms with van der Waals surface area (Å²) in [4.78, 5) is 15.1. The lowest BCUT2D eigenvalue weighted by atomic mass is 10.0. The average molecular weight is 465 g/mol. The van der Waals surface area contributed by atoms with Gasteiger partial charge in [0.1, 0.15) is 11.3 Å². The summed E-state index contributed by atoms with van der Waals surface area (Å²) in [6.07, 6.45) is 4.19. The van der Waals surface area contributed by atoms with E-state index in [1.165, 1.54) is 0 Å². The topological polar surface area (TPSA) is 73.2 Å². The molecular formula is C27H32N2O5. The van der Waals surface area contributed by atoms with Crippen molar-refractivity contribution in [1.29, 1.82) is 0 Å². The minimum absolute atomic E-state index is 0.0120. The zero-order chi connectivity index (χ0) is 23.9. The number of hydrogen-bond acceptors (Lipinski definition) is 6. The number of carbonyl (C=O) groups excluding carboxylic acids is 1. The van der Waals surface area contributed by atoms with Crippen molar-refractivity contribution in [2.75, 3.05) is 47.1 Å². The molecule has 1 aromatic heterocycles. The molecule has 1 fully saturated rings. The van der Waals surface area contributed by atoms with Gasteiger partial charge in [0.05, 0.1) is 33.5 Å². The second-order valence-corrected chi connectivity index (χ2v) is 8.15. The lowest BCUT2D eigenvalue weighted by Crippen LogP contribution is -2.43. The van der Waals surface area contributed by atoms with E-state index in [0.717, 1.165) is 47.4 Å². The molecule has 3 aromatic rings. The van der Waals surface area contributed by atoms with Crippen LogP contribution < -0.4 is 14.8 Å². The number of aryl methyl sites for hydroxylation is 1. The first-order valence-corrected chi connectivity index (χ1v) is 11.6. The first kappa shape index (κ1) is 23.9. The standard InChI is InChI=1S/C27H32N2O5/c1-4-23-21(20-7-5-6-8-24(20)34-23)10-12-27(30)28-18-22(29-13-15-33-16-14-29)19-9-11-25(31-2)26(17-19)32-3/h5-12,17,22H,4,13-16,18H2,1-3H3,(H,28,30)/b12-10+. The zero-order valence-corrected chi connectivity index (χ0v) is 20.0. The van der Waals surface area contributed by atoms with Crippen LogP contribution in [0.1, 0.15) is 29.9 Å². The molecule has 1 N–H and O–H groups in total. The van der Waals surface area contributed by atoms with Gasteiger partial charge in [0.15, 0.2) is 11.5 Å². The molecule has 1 amide bonds. The molecule has 0 spiro atoms. The first-order chi connectivity index (χ1) is 16.6. The molecule has 1 atom stereocenters. The van der Waals surface area contributed by atoms with Crippen LogP contribution in [0.2, 0.25) is 0 Å². The second kappa shape index (κ2) is 11.2. The van der Waals surface area contributed by atoms with Crippen molar-refractivity contribution in [1.82, 2.24) is 10.2 Å². The number of furan rings is 1. The van der Waals surface area contributed by atoms with E-state index in [4.69, 9.17) is 18.6 Å². The molecule has 34 heavy (non-hydrogen) atoms. The summed E-state index contributed by atoms with van der Waals surface area (Å²) in [5.41, 5.74) is 2.84. The van der Waals surface area contributed by atoms with E-state index < -0.39 is 0 Å².